The number of esters is 1. The third kappa shape index (κ3) is 3.43. The maximum Gasteiger partial charge on any atom is 0.325 e. The lowest BCUT2D eigenvalue weighted by Gasteiger charge is -2.04. The van der Waals surface area contributed by atoms with Crippen LogP contribution in [0.4, 0.5) is 5.69 Å². The average Bonchev–Trinajstić information content (AvgIpc) is 3.26. The van der Waals surface area contributed by atoms with Gasteiger partial charge in [-0.05, 0) is 18.2 Å². The first-order valence-electron chi connectivity index (χ1n) is 8.68. The monoisotopic (exact) mass is 392 g/mol. The Morgan fingerprint density at radius 1 is 1.07 bits per heavy atom. The number of ether oxygens (including phenoxy) is 1. The number of aromatic hydroxyl groups is 1. The number of nitrogens with zero attached hydrogens (tertiary/aromatic N) is 6. The van der Waals surface area contributed by atoms with Crippen LogP contribution in [0.25, 0.3) is 21.9 Å². The van der Waals surface area contributed by atoms with Crippen LogP contribution in [0.2, 0.25) is 0 Å². The van der Waals surface area contributed by atoms with Gasteiger partial charge in [0.05, 0.1) is 18.1 Å². The highest BCUT2D eigenvalue weighted by Gasteiger charge is 2.19. The van der Waals surface area contributed by atoms with Crippen LogP contribution in [-0.2, 0) is 27.4 Å². The van der Waals surface area contributed by atoms with Crippen molar-refractivity contribution in [3.05, 3.63) is 48.5 Å². The van der Waals surface area contributed by atoms with Crippen molar-refractivity contribution in [1.29, 1.82) is 0 Å². The molecule has 0 radical (unpaired) electrons. The number of azo groups is 1. The maximum atomic E-state index is 12.3. The third-order valence-corrected chi connectivity index (χ3v) is 4.40. The van der Waals surface area contributed by atoms with Crippen molar-refractivity contribution in [2.75, 3.05) is 7.11 Å². The van der Waals surface area contributed by atoms with Crippen LogP contribution >= 0.6 is 0 Å². The van der Waals surface area contributed by atoms with Crippen LogP contribution in [-0.4, -0.2) is 43.7 Å². The fourth-order valence-electron chi connectivity index (χ4n) is 3.02. The Bertz CT molecular complexity index is 1260. The van der Waals surface area contributed by atoms with Crippen LogP contribution in [0, 0.1) is 0 Å². The Kier molecular flexibility index (Phi) is 4.73. The molecule has 4 aromatic rings. The van der Waals surface area contributed by atoms with E-state index in [0.29, 0.717) is 21.9 Å². The summed E-state index contributed by atoms with van der Waals surface area (Å²) in [7, 11) is 1.26. The highest BCUT2D eigenvalue weighted by atomic mass is 16.5. The number of para-hydroxylation sites is 2. The molecule has 0 bridgehead atoms. The Morgan fingerprint density at radius 3 is 2.59 bits per heavy atom. The van der Waals surface area contributed by atoms with E-state index in [2.05, 4.69) is 25.3 Å². The van der Waals surface area contributed by atoms with Crippen LogP contribution in [0.5, 0.6) is 5.88 Å². The number of aromatic nitrogens is 4. The number of methoxy groups -OCH3 is 1. The molecule has 2 heterocycles. The minimum absolute atomic E-state index is 0.0984. The minimum atomic E-state index is -0.565. The maximum absolute atomic E-state index is 12.3. The number of carbonyl (C=O) groups is 2. The fraction of sp³-hybridized carbons (Fsp3) is 0.158. The Labute approximate surface area is 164 Å². The topological polar surface area (TPSA) is 124 Å². The molecule has 0 fully saturated rings. The van der Waals surface area contributed by atoms with Gasteiger partial charge < -0.3 is 9.84 Å². The van der Waals surface area contributed by atoms with Gasteiger partial charge in [0.2, 0.25) is 5.88 Å². The van der Waals surface area contributed by atoms with Gasteiger partial charge in [0.15, 0.2) is 5.69 Å². The van der Waals surface area contributed by atoms with E-state index >= 15 is 0 Å². The highest BCUT2D eigenvalue weighted by Crippen LogP contribution is 2.38. The summed E-state index contributed by atoms with van der Waals surface area (Å²) >= 11 is 0. The Morgan fingerprint density at radius 2 is 1.79 bits per heavy atom. The molecule has 0 atom stereocenters. The van der Waals surface area contributed by atoms with Crippen molar-refractivity contribution in [3.8, 4) is 5.88 Å². The van der Waals surface area contributed by atoms with Crippen LogP contribution in [0.15, 0.2) is 58.8 Å². The summed E-state index contributed by atoms with van der Waals surface area (Å²) in [6.45, 7) is -0.344. The molecule has 10 nitrogen and oxygen atoms in total. The Hall–Kier alpha value is -4.08. The second-order valence-corrected chi connectivity index (χ2v) is 6.18. The molecule has 29 heavy (non-hydrogen) atoms. The SMILES string of the molecule is COC(=O)Cn1c(O)c(N=NC(=O)Cn2nnc3ccccc32)c2ccccc21. The van der Waals surface area contributed by atoms with Gasteiger partial charge in [-0.25, -0.2) is 4.68 Å². The van der Waals surface area contributed by atoms with Gasteiger partial charge in [0.25, 0.3) is 5.91 Å². The number of amides is 1. The molecule has 1 amide bonds. The Balaban J connectivity index is 1.63. The predicted molar refractivity (Wildman–Crippen MR) is 103 cm³/mol. The zero-order chi connectivity index (χ0) is 20.4. The summed E-state index contributed by atoms with van der Waals surface area (Å²) in [6, 6.07) is 14.2. The number of hydrogen-bond donors (Lipinski definition) is 1. The largest absolute Gasteiger partial charge is 0.493 e. The molecule has 0 spiro atoms. The van der Waals surface area contributed by atoms with Gasteiger partial charge in [-0.15, -0.1) is 15.3 Å². The van der Waals surface area contributed by atoms with E-state index < -0.39 is 11.9 Å². The van der Waals surface area contributed by atoms with Crippen molar-refractivity contribution in [2.24, 2.45) is 10.2 Å². The second kappa shape index (κ2) is 7.50. The van der Waals surface area contributed by atoms with E-state index in [9.17, 15) is 14.7 Å². The standard InChI is InChI=1S/C19H16N6O4/c1-29-17(27)11-24-14-8-4-2-6-12(14)18(19(24)28)22-21-16(26)10-25-15-9-5-3-7-13(15)20-23-25/h2-9,28H,10-11H2,1H3. The van der Waals surface area contributed by atoms with Gasteiger partial charge in [-0.1, -0.05) is 35.5 Å². The number of hydrogen-bond acceptors (Lipinski definition) is 7. The highest BCUT2D eigenvalue weighted by molar-refractivity contribution is 5.96. The number of carbonyl (C=O) groups excluding carboxylic acids is 2. The van der Waals surface area contributed by atoms with Crippen molar-refractivity contribution in [2.45, 2.75) is 13.1 Å². The van der Waals surface area contributed by atoms with Gasteiger partial charge >= 0.3 is 5.97 Å². The fourth-order valence-corrected chi connectivity index (χ4v) is 3.02. The molecule has 0 aliphatic heterocycles. The summed E-state index contributed by atoms with van der Waals surface area (Å²) < 4.78 is 7.44. The molecule has 1 N–H and O–H groups in total. The average molecular weight is 392 g/mol. The van der Waals surface area contributed by atoms with Crippen molar-refractivity contribution >= 4 is 39.5 Å². The van der Waals surface area contributed by atoms with Gasteiger partial charge in [0.1, 0.15) is 18.6 Å². The molecule has 0 unspecified atom stereocenters. The van der Waals surface area contributed by atoms with E-state index in [0.717, 1.165) is 0 Å². The lowest BCUT2D eigenvalue weighted by molar-refractivity contribution is -0.141. The lowest BCUT2D eigenvalue weighted by atomic mass is 10.2. The summed E-state index contributed by atoms with van der Waals surface area (Å²) in [6.07, 6.45) is 0. The smallest absolute Gasteiger partial charge is 0.325 e. The van der Waals surface area contributed by atoms with Crippen LogP contribution in [0.1, 0.15) is 0 Å². The normalized spacial score (nSPS) is 11.5. The van der Waals surface area contributed by atoms with Gasteiger partial charge in [-0.3, -0.25) is 14.2 Å². The molecule has 2 aromatic carbocycles. The first kappa shape index (κ1) is 18.3. The molecular formula is C19H16N6O4. The number of benzene rings is 2. The zero-order valence-corrected chi connectivity index (χ0v) is 15.4. The quantitative estimate of drug-likeness (QED) is 0.411. The first-order valence-corrected chi connectivity index (χ1v) is 8.68. The summed E-state index contributed by atoms with van der Waals surface area (Å²) in [5.41, 5.74) is 2.04. The zero-order valence-electron chi connectivity index (χ0n) is 15.4. The van der Waals surface area contributed by atoms with E-state index in [1.807, 2.05) is 12.1 Å². The molecule has 0 saturated heterocycles. The summed E-state index contributed by atoms with van der Waals surface area (Å²) in [4.78, 5) is 24.0. The van der Waals surface area contributed by atoms with Crippen molar-refractivity contribution in [1.82, 2.24) is 19.6 Å². The molecule has 2 aromatic heterocycles. The van der Waals surface area contributed by atoms with Crippen molar-refractivity contribution in [3.63, 3.8) is 0 Å². The van der Waals surface area contributed by atoms with E-state index in [1.165, 1.54) is 16.4 Å². The predicted octanol–water partition coefficient (Wildman–Crippen LogP) is 2.58. The molecule has 10 heteroatoms. The van der Waals surface area contributed by atoms with Crippen LogP contribution < -0.4 is 0 Å². The number of fused-ring (bicyclic) bond motifs is 2. The minimum Gasteiger partial charge on any atom is -0.493 e. The first-order chi connectivity index (χ1) is 14.1. The van der Waals surface area contributed by atoms with Gasteiger partial charge in [0, 0.05) is 5.39 Å². The summed E-state index contributed by atoms with van der Waals surface area (Å²) in [5, 5.41) is 26.7. The van der Waals surface area contributed by atoms with Crippen LogP contribution in [0.3, 0.4) is 0 Å². The van der Waals surface area contributed by atoms with E-state index in [1.54, 1.807) is 36.4 Å². The molecular weight excluding hydrogens is 376 g/mol. The molecule has 146 valence electrons. The van der Waals surface area contributed by atoms with Crippen molar-refractivity contribution < 1.29 is 19.4 Å². The molecule has 0 aliphatic carbocycles. The van der Waals surface area contributed by atoms with E-state index in [4.69, 9.17) is 0 Å². The third-order valence-electron chi connectivity index (χ3n) is 4.40. The second-order valence-electron chi connectivity index (χ2n) is 6.18. The van der Waals surface area contributed by atoms with Gasteiger partial charge in [-0.2, -0.15) is 0 Å². The van der Waals surface area contributed by atoms with E-state index in [-0.39, 0.29) is 24.7 Å². The molecule has 0 aliphatic rings. The molecule has 0 saturated carbocycles. The molecule has 4 rings (SSSR count). The number of rotatable bonds is 5. The lowest BCUT2D eigenvalue weighted by Crippen LogP contribution is -2.10. The summed E-state index contributed by atoms with van der Waals surface area (Å²) in [5.74, 6) is -1.37.